The molecule has 0 heterocycles. The summed E-state index contributed by atoms with van der Waals surface area (Å²) in [5.41, 5.74) is 0. The van der Waals surface area contributed by atoms with Gasteiger partial charge in [0.05, 0.1) is 19.2 Å². The summed E-state index contributed by atoms with van der Waals surface area (Å²) in [4.78, 5) is 0. The fraction of sp³-hybridized carbons (Fsp3) is 0.625. The van der Waals surface area contributed by atoms with Crippen LogP contribution >= 0.6 is 11.6 Å². The molecule has 0 spiro atoms. The van der Waals surface area contributed by atoms with Gasteiger partial charge < -0.3 is 10.1 Å². The van der Waals surface area contributed by atoms with Gasteiger partial charge in [0.2, 0.25) is 0 Å². The van der Waals surface area contributed by atoms with Crippen molar-refractivity contribution in [1.29, 1.82) is 0 Å². The van der Waals surface area contributed by atoms with E-state index in [1.165, 1.54) is 45.1 Å². The van der Waals surface area contributed by atoms with Crippen LogP contribution in [0.4, 0.5) is 0 Å². The number of halogens is 1. The van der Waals surface area contributed by atoms with Gasteiger partial charge in [-0.3, -0.25) is 0 Å². The molecule has 1 aromatic carbocycles. The maximum atomic E-state index is 5.83. The van der Waals surface area contributed by atoms with Gasteiger partial charge in [-0.05, 0) is 62.8 Å². The van der Waals surface area contributed by atoms with Crippen molar-refractivity contribution in [2.75, 3.05) is 13.2 Å². The monoisotopic (exact) mass is 282 g/mol. The first-order chi connectivity index (χ1) is 9.34. The van der Waals surface area contributed by atoms with Gasteiger partial charge in [-0.2, -0.15) is 0 Å². The summed E-state index contributed by atoms with van der Waals surface area (Å²) in [6.45, 7) is 2.05. The molecule has 0 bridgehead atoms. The molecule has 19 heavy (non-hydrogen) atoms. The van der Waals surface area contributed by atoms with Crippen LogP contribution in [0.15, 0.2) is 24.3 Å². The van der Waals surface area contributed by atoms with Gasteiger partial charge in [0.15, 0.2) is 0 Å². The first kappa shape index (κ1) is 14.7. The van der Waals surface area contributed by atoms with E-state index in [1.54, 1.807) is 0 Å². The predicted octanol–water partition coefficient (Wildman–Crippen LogP) is 3.40. The van der Waals surface area contributed by atoms with Crippen molar-refractivity contribution in [3.8, 4) is 5.75 Å². The number of nitrogens with two attached hydrogens (primary N) is 1. The number of benzene rings is 1. The van der Waals surface area contributed by atoms with Crippen molar-refractivity contribution >= 4 is 11.6 Å². The minimum absolute atomic E-state index is 0.759. The lowest BCUT2D eigenvalue weighted by Gasteiger charge is -2.19. The highest BCUT2D eigenvalue weighted by Crippen LogP contribution is 2.16. The van der Waals surface area contributed by atoms with Crippen LogP contribution in [-0.4, -0.2) is 19.2 Å². The van der Waals surface area contributed by atoms with Crippen LogP contribution < -0.4 is 10.1 Å². The van der Waals surface area contributed by atoms with E-state index in [-0.39, 0.29) is 0 Å². The minimum atomic E-state index is 0.759. The van der Waals surface area contributed by atoms with E-state index in [9.17, 15) is 0 Å². The highest BCUT2D eigenvalue weighted by molar-refractivity contribution is 6.30. The number of hydrogen-bond acceptors (Lipinski definition) is 1. The Kier molecular flexibility index (Phi) is 6.52. The zero-order chi connectivity index (χ0) is 13.3. The zero-order valence-electron chi connectivity index (χ0n) is 11.6. The standard InChI is InChI=1S/C16H24ClNO/c17-14-8-10-16(11-9-14)19-13-5-4-12-18-15-6-2-1-3-7-15/h8-11,15,18H,1-7,12-13H2/p+1. The molecule has 2 nitrogen and oxygen atoms in total. The summed E-state index contributed by atoms with van der Waals surface area (Å²) in [7, 11) is 0. The molecule has 1 saturated carbocycles. The number of ether oxygens (including phenoxy) is 1. The van der Waals surface area contributed by atoms with Gasteiger partial charge >= 0.3 is 0 Å². The molecule has 0 atom stereocenters. The molecule has 0 radical (unpaired) electrons. The first-order valence-corrected chi connectivity index (χ1v) is 7.94. The highest BCUT2D eigenvalue weighted by atomic mass is 35.5. The van der Waals surface area contributed by atoms with Gasteiger partial charge in [-0.1, -0.05) is 18.0 Å². The van der Waals surface area contributed by atoms with Crippen LogP contribution in [-0.2, 0) is 0 Å². The summed E-state index contributed by atoms with van der Waals surface area (Å²) in [5.74, 6) is 0.917. The molecule has 106 valence electrons. The summed E-state index contributed by atoms with van der Waals surface area (Å²) < 4.78 is 5.68. The van der Waals surface area contributed by atoms with Crippen molar-refractivity contribution < 1.29 is 10.1 Å². The molecular formula is C16H25ClNO+. The average molecular weight is 283 g/mol. The molecule has 1 aromatic rings. The SMILES string of the molecule is Clc1ccc(OCCCC[NH2+]C2CCCCC2)cc1. The molecular weight excluding hydrogens is 258 g/mol. The highest BCUT2D eigenvalue weighted by Gasteiger charge is 2.14. The van der Waals surface area contributed by atoms with Crippen molar-refractivity contribution in [2.45, 2.75) is 51.0 Å². The smallest absolute Gasteiger partial charge is 0.119 e. The summed E-state index contributed by atoms with van der Waals surface area (Å²) in [6, 6.07) is 8.49. The fourth-order valence-corrected chi connectivity index (χ4v) is 2.82. The third-order valence-electron chi connectivity index (χ3n) is 3.83. The van der Waals surface area contributed by atoms with Crippen molar-refractivity contribution in [1.82, 2.24) is 0 Å². The molecule has 0 saturated heterocycles. The second-order valence-electron chi connectivity index (χ2n) is 5.43. The molecule has 0 unspecified atom stereocenters. The first-order valence-electron chi connectivity index (χ1n) is 7.56. The average Bonchev–Trinajstić information content (AvgIpc) is 2.46. The molecule has 0 amide bonds. The quantitative estimate of drug-likeness (QED) is 0.762. The molecule has 0 aromatic heterocycles. The minimum Gasteiger partial charge on any atom is -0.494 e. The molecule has 1 fully saturated rings. The van der Waals surface area contributed by atoms with Crippen LogP contribution in [0.5, 0.6) is 5.75 Å². The third kappa shape index (κ3) is 5.84. The number of unbranched alkanes of at least 4 members (excludes halogenated alkanes) is 1. The van der Waals surface area contributed by atoms with E-state index in [0.717, 1.165) is 29.8 Å². The Hall–Kier alpha value is -0.730. The molecule has 1 aliphatic carbocycles. The fourth-order valence-electron chi connectivity index (χ4n) is 2.69. The lowest BCUT2D eigenvalue weighted by molar-refractivity contribution is -0.692. The lowest BCUT2D eigenvalue weighted by Crippen LogP contribution is -2.90. The third-order valence-corrected chi connectivity index (χ3v) is 4.08. The lowest BCUT2D eigenvalue weighted by atomic mass is 9.95. The maximum absolute atomic E-state index is 5.83. The van der Waals surface area contributed by atoms with E-state index < -0.39 is 0 Å². The van der Waals surface area contributed by atoms with Crippen LogP contribution in [0.3, 0.4) is 0 Å². The van der Waals surface area contributed by atoms with Gasteiger partial charge in [-0.25, -0.2) is 0 Å². The number of quaternary nitrogens is 1. The van der Waals surface area contributed by atoms with Crippen LogP contribution in [0.2, 0.25) is 5.02 Å². The number of hydrogen-bond donors (Lipinski definition) is 1. The molecule has 2 N–H and O–H groups in total. The van der Waals surface area contributed by atoms with Crippen molar-refractivity contribution in [3.63, 3.8) is 0 Å². The van der Waals surface area contributed by atoms with Gasteiger partial charge in [0.25, 0.3) is 0 Å². The van der Waals surface area contributed by atoms with E-state index in [0.29, 0.717) is 0 Å². The van der Waals surface area contributed by atoms with Crippen molar-refractivity contribution in [3.05, 3.63) is 29.3 Å². The number of rotatable bonds is 7. The second kappa shape index (κ2) is 8.44. The van der Waals surface area contributed by atoms with E-state index >= 15 is 0 Å². The zero-order valence-corrected chi connectivity index (χ0v) is 12.4. The van der Waals surface area contributed by atoms with Gasteiger partial charge in [0, 0.05) is 5.02 Å². The Balaban J connectivity index is 1.49. The largest absolute Gasteiger partial charge is 0.494 e. The molecule has 1 aliphatic rings. The van der Waals surface area contributed by atoms with E-state index in [4.69, 9.17) is 16.3 Å². The summed E-state index contributed by atoms with van der Waals surface area (Å²) in [5, 5.41) is 3.30. The van der Waals surface area contributed by atoms with Gasteiger partial charge in [-0.15, -0.1) is 0 Å². The summed E-state index contributed by atoms with van der Waals surface area (Å²) >= 11 is 5.83. The topological polar surface area (TPSA) is 25.8 Å². The predicted molar refractivity (Wildman–Crippen MR) is 79.8 cm³/mol. The van der Waals surface area contributed by atoms with E-state index in [1.807, 2.05) is 24.3 Å². The maximum Gasteiger partial charge on any atom is 0.119 e. The van der Waals surface area contributed by atoms with E-state index in [2.05, 4.69) is 5.32 Å². The molecule has 0 aliphatic heterocycles. The Morgan fingerprint density at radius 2 is 1.79 bits per heavy atom. The Morgan fingerprint density at radius 1 is 1.05 bits per heavy atom. The summed E-state index contributed by atoms with van der Waals surface area (Å²) in [6.07, 6.45) is 9.51. The molecule has 2 rings (SSSR count). The van der Waals surface area contributed by atoms with Gasteiger partial charge in [0.1, 0.15) is 5.75 Å². The Labute approximate surface area is 121 Å². The van der Waals surface area contributed by atoms with Crippen molar-refractivity contribution in [2.24, 2.45) is 0 Å². The molecule has 3 heteroatoms. The second-order valence-corrected chi connectivity index (χ2v) is 5.87. The Morgan fingerprint density at radius 3 is 2.53 bits per heavy atom. The van der Waals surface area contributed by atoms with Crippen LogP contribution in [0.25, 0.3) is 0 Å². The Bertz CT molecular complexity index is 346. The van der Waals surface area contributed by atoms with Crippen LogP contribution in [0, 0.1) is 0 Å². The normalized spacial score (nSPS) is 16.5. The van der Waals surface area contributed by atoms with Crippen LogP contribution in [0.1, 0.15) is 44.9 Å².